The van der Waals surface area contributed by atoms with Crippen LogP contribution in [-0.2, 0) is 20.8 Å². The van der Waals surface area contributed by atoms with Crippen LogP contribution in [0.3, 0.4) is 0 Å². The quantitative estimate of drug-likeness (QED) is 0.155. The molecule has 3 aromatic rings. The first-order valence-electron chi connectivity index (χ1n) is 13.9. The Hall–Kier alpha value is -4.47. The Morgan fingerprint density at radius 3 is 1.91 bits per heavy atom. The highest BCUT2D eigenvalue weighted by Crippen LogP contribution is 2.32. The third-order valence-electron chi connectivity index (χ3n) is 6.27. The van der Waals surface area contributed by atoms with Crippen molar-refractivity contribution in [2.24, 2.45) is 11.3 Å². The second kappa shape index (κ2) is 15.1. The largest absolute Gasteiger partial charge is 0.493 e. The van der Waals surface area contributed by atoms with Crippen LogP contribution < -0.4 is 18.9 Å². The molecule has 0 radical (unpaired) electrons. The highest BCUT2D eigenvalue weighted by atomic mass is 16.6. The average Bonchev–Trinajstić information content (AvgIpc) is 2.98. The number of hydrogen-bond acceptors (Lipinski definition) is 9. The van der Waals surface area contributed by atoms with Crippen LogP contribution in [0.5, 0.6) is 23.0 Å². The van der Waals surface area contributed by atoms with Gasteiger partial charge in [0.15, 0.2) is 11.5 Å². The number of benzene rings is 3. The van der Waals surface area contributed by atoms with Crippen molar-refractivity contribution in [3.05, 3.63) is 84.4 Å². The van der Waals surface area contributed by atoms with Crippen molar-refractivity contribution in [2.45, 2.75) is 40.5 Å². The predicted octanol–water partition coefficient (Wildman–Crippen LogP) is 5.30. The van der Waals surface area contributed by atoms with Gasteiger partial charge in [-0.05, 0) is 87.2 Å². The van der Waals surface area contributed by atoms with E-state index in [1.54, 1.807) is 57.2 Å². The minimum atomic E-state index is -0.762. The van der Waals surface area contributed by atoms with Crippen LogP contribution in [-0.4, -0.2) is 47.9 Å². The number of hydrogen-bond donors (Lipinski definition) is 2. The molecule has 0 heterocycles. The maximum absolute atomic E-state index is 12.6. The molecule has 0 aliphatic heterocycles. The summed E-state index contributed by atoms with van der Waals surface area (Å²) in [5, 5.41) is 18.3. The molecule has 3 rings (SSSR count). The SMILES string of the molecule is C=C(C)C(=O)Oc1cc(CCC(=O)Oc2ccc(-c3ccc(OCC(CO)CO)cc3)cc2)ccc1OC(=O)C(C)(C)C. The van der Waals surface area contributed by atoms with Crippen LogP contribution in [0.25, 0.3) is 11.1 Å². The van der Waals surface area contributed by atoms with Gasteiger partial charge in [0.2, 0.25) is 0 Å². The molecule has 9 nitrogen and oxygen atoms in total. The summed E-state index contributed by atoms with van der Waals surface area (Å²) >= 11 is 0. The topological polar surface area (TPSA) is 129 Å². The molecule has 0 unspecified atom stereocenters. The summed E-state index contributed by atoms with van der Waals surface area (Å²) in [7, 11) is 0. The van der Waals surface area contributed by atoms with Crippen molar-refractivity contribution < 1.29 is 43.5 Å². The standard InChI is InChI=1S/C34H38O9/c1-22(2)32(38)42-30-18-23(6-16-29(30)43-33(39)34(3,4)5)7-17-31(37)41-28-14-10-26(11-15-28)25-8-12-27(13-9-25)40-21-24(19-35)20-36/h6,8-16,18,24,35-36H,1,7,17,19-21H2,2-5H3. The molecular weight excluding hydrogens is 552 g/mol. The number of rotatable bonds is 13. The summed E-state index contributed by atoms with van der Waals surface area (Å²) < 4.78 is 22.0. The van der Waals surface area contributed by atoms with E-state index in [1.165, 1.54) is 13.0 Å². The number of carbonyl (C=O) groups is 3. The third-order valence-corrected chi connectivity index (χ3v) is 6.27. The predicted molar refractivity (Wildman–Crippen MR) is 161 cm³/mol. The molecule has 0 atom stereocenters. The van der Waals surface area contributed by atoms with Gasteiger partial charge in [0.1, 0.15) is 11.5 Å². The molecule has 0 spiro atoms. The van der Waals surface area contributed by atoms with Crippen LogP contribution in [0.4, 0.5) is 0 Å². The minimum Gasteiger partial charge on any atom is -0.493 e. The van der Waals surface area contributed by atoms with Gasteiger partial charge in [-0.1, -0.05) is 36.9 Å². The molecule has 0 saturated heterocycles. The molecule has 0 fully saturated rings. The molecule has 0 bridgehead atoms. The van der Waals surface area contributed by atoms with Gasteiger partial charge >= 0.3 is 17.9 Å². The number of esters is 3. The molecule has 43 heavy (non-hydrogen) atoms. The highest BCUT2D eigenvalue weighted by molar-refractivity contribution is 5.89. The summed E-state index contributed by atoms with van der Waals surface area (Å²) in [6.45, 7) is 10.2. The second-order valence-electron chi connectivity index (χ2n) is 11.2. The van der Waals surface area contributed by atoms with E-state index in [0.717, 1.165) is 11.1 Å². The molecule has 0 aliphatic rings. The molecule has 0 aromatic heterocycles. The van der Waals surface area contributed by atoms with Crippen molar-refractivity contribution in [2.75, 3.05) is 19.8 Å². The lowest BCUT2D eigenvalue weighted by Gasteiger charge is -2.18. The smallest absolute Gasteiger partial charge is 0.338 e. The third kappa shape index (κ3) is 10.1. The Bertz CT molecular complexity index is 1410. The van der Waals surface area contributed by atoms with Crippen molar-refractivity contribution in [3.8, 4) is 34.1 Å². The molecule has 3 aromatic carbocycles. The first kappa shape index (κ1) is 33.0. The zero-order valence-electron chi connectivity index (χ0n) is 24.9. The molecule has 0 saturated carbocycles. The van der Waals surface area contributed by atoms with Crippen molar-refractivity contribution in [1.82, 2.24) is 0 Å². The summed E-state index contributed by atoms with van der Waals surface area (Å²) in [5.74, 6) is -0.736. The fourth-order valence-electron chi connectivity index (χ4n) is 3.58. The first-order chi connectivity index (χ1) is 20.4. The van der Waals surface area contributed by atoms with E-state index in [4.69, 9.17) is 29.2 Å². The lowest BCUT2D eigenvalue weighted by molar-refractivity contribution is -0.143. The Kier molecular flexibility index (Phi) is 11.6. The highest BCUT2D eigenvalue weighted by Gasteiger charge is 2.25. The Balaban J connectivity index is 1.59. The summed E-state index contributed by atoms with van der Waals surface area (Å²) in [6.07, 6.45) is 0.361. The van der Waals surface area contributed by atoms with Crippen molar-refractivity contribution in [1.29, 1.82) is 0 Å². The fraction of sp³-hybridized carbons (Fsp3) is 0.324. The molecule has 228 valence electrons. The lowest BCUT2D eigenvalue weighted by Crippen LogP contribution is -2.26. The Labute approximate surface area is 251 Å². The van der Waals surface area contributed by atoms with Crippen LogP contribution >= 0.6 is 0 Å². The zero-order chi connectivity index (χ0) is 31.6. The van der Waals surface area contributed by atoms with Gasteiger partial charge in [-0.2, -0.15) is 0 Å². The maximum atomic E-state index is 12.6. The summed E-state index contributed by atoms with van der Waals surface area (Å²) in [4.78, 5) is 37.1. The molecule has 0 amide bonds. The number of aliphatic hydroxyl groups excluding tert-OH is 2. The molecular formula is C34H38O9. The average molecular weight is 591 g/mol. The van der Waals surface area contributed by atoms with Gasteiger partial charge in [-0.3, -0.25) is 9.59 Å². The zero-order valence-corrected chi connectivity index (χ0v) is 24.9. The summed E-state index contributed by atoms with van der Waals surface area (Å²) in [6, 6.07) is 19.3. The molecule has 0 aliphatic carbocycles. The maximum Gasteiger partial charge on any atom is 0.338 e. The number of carbonyl (C=O) groups excluding carboxylic acids is 3. The van der Waals surface area contributed by atoms with Gasteiger partial charge < -0.3 is 29.2 Å². The Morgan fingerprint density at radius 2 is 1.37 bits per heavy atom. The molecule has 2 N–H and O–H groups in total. The number of aliphatic hydroxyl groups is 2. The van der Waals surface area contributed by atoms with Crippen molar-refractivity contribution in [3.63, 3.8) is 0 Å². The van der Waals surface area contributed by atoms with E-state index in [0.29, 0.717) is 23.5 Å². The second-order valence-corrected chi connectivity index (χ2v) is 11.2. The van der Waals surface area contributed by atoms with Gasteiger partial charge in [0.25, 0.3) is 0 Å². The van der Waals surface area contributed by atoms with Gasteiger partial charge in [0.05, 0.1) is 25.2 Å². The Morgan fingerprint density at radius 1 is 0.791 bits per heavy atom. The minimum absolute atomic E-state index is 0.0611. The number of ether oxygens (including phenoxy) is 4. The van der Waals surface area contributed by atoms with E-state index >= 15 is 0 Å². The number of aryl methyl sites for hydroxylation is 1. The fourth-order valence-corrected chi connectivity index (χ4v) is 3.58. The van der Waals surface area contributed by atoms with Crippen LogP contribution in [0.2, 0.25) is 0 Å². The lowest BCUT2D eigenvalue weighted by atomic mass is 9.97. The van der Waals surface area contributed by atoms with Gasteiger partial charge in [-0.15, -0.1) is 0 Å². The van der Waals surface area contributed by atoms with Crippen molar-refractivity contribution >= 4 is 17.9 Å². The van der Waals surface area contributed by atoms with E-state index < -0.39 is 23.3 Å². The van der Waals surface area contributed by atoms with Crippen LogP contribution in [0.1, 0.15) is 39.7 Å². The normalized spacial score (nSPS) is 11.1. The van der Waals surface area contributed by atoms with E-state index in [-0.39, 0.29) is 49.2 Å². The van der Waals surface area contributed by atoms with Gasteiger partial charge in [0, 0.05) is 17.9 Å². The van der Waals surface area contributed by atoms with E-state index in [2.05, 4.69) is 6.58 Å². The monoisotopic (exact) mass is 590 g/mol. The van der Waals surface area contributed by atoms with E-state index in [9.17, 15) is 14.4 Å². The first-order valence-corrected chi connectivity index (χ1v) is 13.9. The van der Waals surface area contributed by atoms with Crippen LogP contribution in [0, 0.1) is 11.3 Å². The molecule has 9 heteroatoms. The van der Waals surface area contributed by atoms with E-state index in [1.807, 2.05) is 24.3 Å². The summed E-state index contributed by atoms with van der Waals surface area (Å²) in [5.41, 5.74) is 1.96. The van der Waals surface area contributed by atoms with Gasteiger partial charge in [-0.25, -0.2) is 4.79 Å². The van der Waals surface area contributed by atoms with Crippen LogP contribution in [0.15, 0.2) is 78.9 Å².